The summed E-state index contributed by atoms with van der Waals surface area (Å²) in [7, 11) is 1.32. The van der Waals surface area contributed by atoms with Crippen molar-refractivity contribution in [2.45, 2.75) is 19.8 Å². The summed E-state index contributed by atoms with van der Waals surface area (Å²) in [5.41, 5.74) is 1.71. The molecule has 1 aliphatic rings. The van der Waals surface area contributed by atoms with Crippen molar-refractivity contribution in [2.24, 2.45) is 0 Å². The van der Waals surface area contributed by atoms with Crippen molar-refractivity contribution in [1.29, 1.82) is 0 Å². The Kier molecular flexibility index (Phi) is 11.5. The predicted octanol–water partition coefficient (Wildman–Crippen LogP) is 6.63. The van der Waals surface area contributed by atoms with E-state index in [2.05, 4.69) is 0 Å². The first-order valence-electron chi connectivity index (χ1n) is 10.9. The number of methoxy groups -OCH3 is 1. The Morgan fingerprint density at radius 1 is 0.714 bits per heavy atom. The van der Waals surface area contributed by atoms with E-state index in [4.69, 9.17) is 14.2 Å². The molecule has 0 aromatic heterocycles. The molecule has 5 nitrogen and oxygen atoms in total. The van der Waals surface area contributed by atoms with E-state index >= 15 is 0 Å². The van der Waals surface area contributed by atoms with E-state index in [0.29, 0.717) is 28.4 Å². The van der Waals surface area contributed by atoms with Crippen molar-refractivity contribution in [3.8, 4) is 17.2 Å². The average Bonchev–Trinajstić information content (AvgIpc) is 3.45. The van der Waals surface area contributed by atoms with Gasteiger partial charge in [-0.3, -0.25) is 0 Å². The first-order chi connectivity index (χ1) is 16.5. The smallest absolute Gasteiger partial charge is 0.343 e. The van der Waals surface area contributed by atoms with Gasteiger partial charge in [0.2, 0.25) is 0 Å². The normalized spacial score (nSPS) is 12.1. The SMILES string of the molecule is COC(=O)c1ccccc1Oc1cc(OC(=O)c2ccccc2)cc(C(C)C)c1.[CH]1[CH][CH][CH][CH]1.[Fe]. The number of carbonyl (C=O) groups is 2. The third kappa shape index (κ3) is 8.57. The van der Waals surface area contributed by atoms with Gasteiger partial charge in [0, 0.05) is 23.1 Å². The van der Waals surface area contributed by atoms with Crippen LogP contribution in [0.25, 0.3) is 0 Å². The van der Waals surface area contributed by atoms with Gasteiger partial charge >= 0.3 is 11.9 Å². The minimum absolute atomic E-state index is 0. The zero-order valence-electron chi connectivity index (χ0n) is 19.8. The minimum atomic E-state index is -0.489. The topological polar surface area (TPSA) is 61.8 Å². The largest absolute Gasteiger partial charge is 0.465 e. The Labute approximate surface area is 218 Å². The summed E-state index contributed by atoms with van der Waals surface area (Å²) in [5.74, 6) is 0.437. The summed E-state index contributed by atoms with van der Waals surface area (Å²) < 4.78 is 16.3. The van der Waals surface area contributed by atoms with Crippen LogP contribution in [0.5, 0.6) is 17.2 Å². The van der Waals surface area contributed by atoms with E-state index in [9.17, 15) is 9.59 Å². The predicted molar refractivity (Wildman–Crippen MR) is 131 cm³/mol. The molecule has 3 aromatic carbocycles. The molecule has 35 heavy (non-hydrogen) atoms. The van der Waals surface area contributed by atoms with E-state index in [1.165, 1.54) is 7.11 Å². The van der Waals surface area contributed by atoms with Gasteiger partial charge in [-0.1, -0.05) is 44.2 Å². The summed E-state index contributed by atoms with van der Waals surface area (Å²) >= 11 is 0. The molecule has 1 aliphatic carbocycles. The van der Waals surface area contributed by atoms with Gasteiger partial charge in [0.1, 0.15) is 22.8 Å². The van der Waals surface area contributed by atoms with Crippen LogP contribution >= 0.6 is 0 Å². The van der Waals surface area contributed by atoms with Crippen LogP contribution < -0.4 is 9.47 Å². The number of ether oxygens (including phenoxy) is 3. The third-order valence-corrected chi connectivity index (χ3v) is 4.86. The Balaban J connectivity index is 0.000000640. The van der Waals surface area contributed by atoms with Crippen LogP contribution in [0.1, 0.15) is 46.0 Å². The van der Waals surface area contributed by atoms with E-state index in [1.807, 2.05) is 64.2 Å². The minimum Gasteiger partial charge on any atom is -0.465 e. The van der Waals surface area contributed by atoms with Crippen LogP contribution in [-0.4, -0.2) is 19.0 Å². The molecule has 0 aliphatic heterocycles. The van der Waals surface area contributed by atoms with Gasteiger partial charge in [-0.05, 0) is 80.0 Å². The molecule has 0 N–H and O–H groups in total. The average molecular weight is 511 g/mol. The van der Waals surface area contributed by atoms with Crippen molar-refractivity contribution in [3.05, 3.63) is 122 Å². The maximum absolute atomic E-state index is 12.4. The monoisotopic (exact) mass is 511 g/mol. The third-order valence-electron chi connectivity index (χ3n) is 4.86. The second-order valence-electron chi connectivity index (χ2n) is 7.70. The summed E-state index contributed by atoms with van der Waals surface area (Å²) in [4.78, 5) is 24.4. The molecule has 0 bridgehead atoms. The molecule has 0 unspecified atom stereocenters. The molecule has 0 saturated heterocycles. The van der Waals surface area contributed by atoms with Crippen molar-refractivity contribution < 1.29 is 40.9 Å². The van der Waals surface area contributed by atoms with Gasteiger partial charge in [0.05, 0.1) is 12.7 Å². The van der Waals surface area contributed by atoms with Crippen molar-refractivity contribution in [1.82, 2.24) is 0 Å². The van der Waals surface area contributed by atoms with E-state index in [0.717, 1.165) is 5.56 Å². The fourth-order valence-corrected chi connectivity index (χ4v) is 3.07. The van der Waals surface area contributed by atoms with Crippen LogP contribution in [0.2, 0.25) is 0 Å². The number of benzene rings is 3. The molecule has 0 atom stereocenters. The van der Waals surface area contributed by atoms with E-state index in [1.54, 1.807) is 54.6 Å². The maximum Gasteiger partial charge on any atom is 0.343 e. The molecule has 4 rings (SSSR count). The van der Waals surface area contributed by atoms with E-state index in [-0.39, 0.29) is 23.0 Å². The molecule has 5 radical (unpaired) electrons. The fraction of sp³-hybridized carbons (Fsp3) is 0.138. The summed E-state index contributed by atoms with van der Waals surface area (Å²) in [6, 6.07) is 20.9. The second-order valence-corrected chi connectivity index (χ2v) is 7.70. The molecular weight excluding hydrogens is 484 g/mol. The molecule has 6 heteroatoms. The quantitative estimate of drug-likeness (QED) is 0.211. The summed E-state index contributed by atoms with van der Waals surface area (Å²) in [6.07, 6.45) is 10.0. The van der Waals surface area contributed by atoms with Gasteiger partial charge in [-0.15, -0.1) is 0 Å². The number of esters is 2. The van der Waals surface area contributed by atoms with Gasteiger partial charge in [-0.25, -0.2) is 9.59 Å². The molecule has 1 saturated carbocycles. The van der Waals surface area contributed by atoms with Crippen LogP contribution in [0.3, 0.4) is 0 Å². The van der Waals surface area contributed by atoms with Gasteiger partial charge < -0.3 is 14.2 Å². The fourth-order valence-electron chi connectivity index (χ4n) is 3.07. The zero-order valence-corrected chi connectivity index (χ0v) is 20.9. The number of hydrogen-bond donors (Lipinski definition) is 0. The van der Waals surface area contributed by atoms with Crippen LogP contribution in [0.15, 0.2) is 72.8 Å². The van der Waals surface area contributed by atoms with Crippen molar-refractivity contribution in [2.75, 3.05) is 7.11 Å². The van der Waals surface area contributed by atoms with Gasteiger partial charge in [0.25, 0.3) is 0 Å². The van der Waals surface area contributed by atoms with Gasteiger partial charge in [-0.2, -0.15) is 0 Å². The molecule has 0 spiro atoms. The molecule has 3 aromatic rings. The van der Waals surface area contributed by atoms with Crippen molar-refractivity contribution in [3.63, 3.8) is 0 Å². The van der Waals surface area contributed by atoms with E-state index < -0.39 is 11.9 Å². The van der Waals surface area contributed by atoms with Gasteiger partial charge in [0.15, 0.2) is 0 Å². The molecule has 1 fully saturated rings. The zero-order chi connectivity index (χ0) is 24.3. The Bertz CT molecular complexity index is 1080. The van der Waals surface area contributed by atoms with Crippen molar-refractivity contribution >= 4 is 11.9 Å². The summed E-state index contributed by atoms with van der Waals surface area (Å²) in [6.45, 7) is 4.06. The van der Waals surface area contributed by atoms with Crippen LogP contribution in [-0.2, 0) is 21.8 Å². The number of carbonyl (C=O) groups excluding carboxylic acids is 2. The number of para-hydroxylation sites is 1. The second kappa shape index (κ2) is 14.3. The Morgan fingerprint density at radius 3 is 1.89 bits per heavy atom. The van der Waals surface area contributed by atoms with Crippen LogP contribution in [0, 0.1) is 32.1 Å². The standard InChI is InChI=1S/C24H22O5.C5H5.Fe/c1-16(2)18-13-19(28-22-12-8-7-11-21(22)24(26)27-3)15-20(14-18)29-23(25)17-9-5-4-6-10-17;1-2-4-5-3-1;/h4-16H,1-3H3;1-5H;. The Hall–Kier alpha value is -3.08. The number of rotatable bonds is 6. The first kappa shape index (κ1) is 28.2. The molecule has 0 amide bonds. The molecule has 181 valence electrons. The molecular formula is C29H27FeO5. The first-order valence-corrected chi connectivity index (χ1v) is 10.9. The number of hydrogen-bond acceptors (Lipinski definition) is 5. The summed E-state index contributed by atoms with van der Waals surface area (Å²) in [5, 5.41) is 0. The Morgan fingerprint density at radius 2 is 1.29 bits per heavy atom. The van der Waals surface area contributed by atoms with Crippen LogP contribution in [0.4, 0.5) is 0 Å². The molecule has 0 heterocycles. The maximum atomic E-state index is 12.4.